The quantitative estimate of drug-likeness (QED) is 0.0947. The molecule has 2 atom stereocenters. The first-order chi connectivity index (χ1) is 18.5. The Morgan fingerprint density at radius 1 is 0.564 bits per heavy atom. The molecule has 0 aliphatic rings. The van der Waals surface area contributed by atoms with Crippen LogP contribution in [-0.2, 0) is 9.53 Å². The third kappa shape index (κ3) is 26.4. The zero-order chi connectivity index (χ0) is 29.5. The Hall–Kier alpha value is -1.57. The van der Waals surface area contributed by atoms with Crippen molar-refractivity contribution in [1.29, 1.82) is 0 Å². The summed E-state index contributed by atoms with van der Waals surface area (Å²) in [6.07, 6.45) is 26.5. The molecule has 0 aliphatic heterocycles. The number of carbonyl (C=O) groups is 1. The Morgan fingerprint density at radius 3 is 1.56 bits per heavy atom. The maximum Gasteiger partial charge on any atom is 0.306 e. The van der Waals surface area contributed by atoms with Crippen LogP contribution < -0.4 is 0 Å². The predicted molar refractivity (Wildman–Crippen MR) is 174 cm³/mol. The molecule has 0 heterocycles. The van der Waals surface area contributed by atoms with E-state index in [0.717, 1.165) is 56.3 Å². The summed E-state index contributed by atoms with van der Waals surface area (Å²) in [5.74, 6) is 2.43. The highest BCUT2D eigenvalue weighted by atomic mass is 16.5. The molecule has 0 bridgehead atoms. The summed E-state index contributed by atoms with van der Waals surface area (Å²) in [4.78, 5) is 12.1. The number of hydrogen-bond donors (Lipinski definition) is 0. The largest absolute Gasteiger partial charge is 0.461 e. The van der Waals surface area contributed by atoms with Crippen molar-refractivity contribution < 1.29 is 9.53 Å². The minimum Gasteiger partial charge on any atom is -0.461 e. The molecule has 2 heteroatoms. The minimum absolute atomic E-state index is 0.0924. The Balaban J connectivity index is 3.92. The molecule has 0 aromatic rings. The molecule has 2 unspecified atom stereocenters. The maximum absolute atomic E-state index is 12.1. The van der Waals surface area contributed by atoms with E-state index in [1.54, 1.807) is 0 Å². The van der Waals surface area contributed by atoms with Gasteiger partial charge in [0.2, 0.25) is 0 Å². The molecule has 0 aromatic heterocycles. The van der Waals surface area contributed by atoms with Crippen molar-refractivity contribution in [2.45, 2.75) is 159 Å². The van der Waals surface area contributed by atoms with Gasteiger partial charge >= 0.3 is 5.97 Å². The second-order valence-corrected chi connectivity index (χ2v) is 13.1. The number of hydrogen-bond acceptors (Lipinski definition) is 2. The lowest BCUT2D eigenvalue weighted by Crippen LogP contribution is -2.04. The molecular formula is C37H66O2. The van der Waals surface area contributed by atoms with Gasteiger partial charge in [0.25, 0.3) is 0 Å². The fourth-order valence-electron chi connectivity index (χ4n) is 4.93. The molecule has 0 rings (SSSR count). The molecule has 0 fully saturated rings. The van der Waals surface area contributed by atoms with E-state index in [4.69, 9.17) is 4.74 Å². The van der Waals surface area contributed by atoms with Crippen molar-refractivity contribution in [2.75, 3.05) is 6.61 Å². The number of ether oxygens (including phenoxy) is 1. The molecule has 0 saturated carbocycles. The topological polar surface area (TPSA) is 26.3 Å². The number of esters is 1. The normalized spacial score (nSPS) is 14.5. The lowest BCUT2D eigenvalue weighted by molar-refractivity contribution is -0.142. The van der Waals surface area contributed by atoms with Crippen LogP contribution in [0.2, 0.25) is 0 Å². The van der Waals surface area contributed by atoms with Gasteiger partial charge in [-0.15, -0.1) is 0 Å². The smallest absolute Gasteiger partial charge is 0.306 e. The molecule has 0 amide bonds. The van der Waals surface area contributed by atoms with Gasteiger partial charge in [-0.3, -0.25) is 4.79 Å². The van der Waals surface area contributed by atoms with Gasteiger partial charge < -0.3 is 4.74 Å². The lowest BCUT2D eigenvalue weighted by atomic mass is 9.91. The number of allylic oxidation sites excluding steroid dienone is 7. The minimum atomic E-state index is -0.0924. The van der Waals surface area contributed by atoms with Crippen LogP contribution in [-0.4, -0.2) is 12.6 Å². The highest BCUT2D eigenvalue weighted by molar-refractivity contribution is 5.69. The zero-order valence-electron chi connectivity index (χ0n) is 27.7. The van der Waals surface area contributed by atoms with Crippen molar-refractivity contribution in [3.63, 3.8) is 0 Å². The summed E-state index contributed by atoms with van der Waals surface area (Å²) < 4.78 is 5.45. The van der Waals surface area contributed by atoms with E-state index in [9.17, 15) is 4.79 Å². The summed E-state index contributed by atoms with van der Waals surface area (Å²) in [5, 5.41) is 0. The van der Waals surface area contributed by atoms with E-state index in [-0.39, 0.29) is 5.97 Å². The van der Waals surface area contributed by atoms with Crippen LogP contribution in [0.1, 0.15) is 159 Å². The summed E-state index contributed by atoms with van der Waals surface area (Å²) in [6.45, 7) is 20.8. The number of rotatable bonds is 23. The Morgan fingerprint density at radius 2 is 1.03 bits per heavy atom. The Labute approximate surface area is 244 Å². The van der Waals surface area contributed by atoms with Gasteiger partial charge in [-0.1, -0.05) is 113 Å². The van der Waals surface area contributed by atoms with Crippen molar-refractivity contribution >= 4 is 5.97 Å². The fraction of sp³-hybridized carbons (Fsp3) is 0.757. The molecule has 0 saturated heterocycles. The SMILES string of the molecule is CC(C)=CCCC(C)=CCCC(C)=CCCC(=O)OCC=C(C)CCCC(C)CCCC(C)CCCC(C)C. The first-order valence-electron chi connectivity index (χ1n) is 16.2. The standard InChI is InChI=1S/C37H66O2/c1-30(2)16-10-18-32(5)20-12-22-34(7)24-14-25-36(9)28-29-39-37(38)27-15-26-35(8)23-13-21-33(6)19-11-17-31(3)4/h17,21,26,28,30,32,34H,10-16,18-20,22-25,27,29H2,1-9H3. The lowest BCUT2D eigenvalue weighted by Gasteiger charge is -2.15. The number of carbonyl (C=O) groups excluding carboxylic acids is 1. The summed E-state index contributed by atoms with van der Waals surface area (Å²) >= 11 is 0. The Bertz CT molecular complexity index is 745. The average Bonchev–Trinajstić information content (AvgIpc) is 2.83. The van der Waals surface area contributed by atoms with Crippen LogP contribution >= 0.6 is 0 Å². The maximum atomic E-state index is 12.1. The first-order valence-corrected chi connectivity index (χ1v) is 16.2. The molecule has 2 nitrogen and oxygen atoms in total. The summed E-state index contributed by atoms with van der Waals surface area (Å²) in [7, 11) is 0. The van der Waals surface area contributed by atoms with E-state index in [1.807, 2.05) is 0 Å². The third-order valence-electron chi connectivity index (χ3n) is 7.78. The van der Waals surface area contributed by atoms with Crippen LogP contribution in [0.15, 0.2) is 46.6 Å². The van der Waals surface area contributed by atoms with Crippen molar-refractivity contribution in [3.05, 3.63) is 46.6 Å². The molecule has 39 heavy (non-hydrogen) atoms. The van der Waals surface area contributed by atoms with Gasteiger partial charge in [-0.25, -0.2) is 0 Å². The fourth-order valence-corrected chi connectivity index (χ4v) is 4.93. The highest BCUT2D eigenvalue weighted by Gasteiger charge is 2.07. The summed E-state index contributed by atoms with van der Waals surface area (Å²) in [6, 6.07) is 0. The van der Waals surface area contributed by atoms with Gasteiger partial charge in [0.1, 0.15) is 6.61 Å². The van der Waals surface area contributed by atoms with Crippen molar-refractivity contribution in [3.8, 4) is 0 Å². The monoisotopic (exact) mass is 543 g/mol. The highest BCUT2D eigenvalue weighted by Crippen LogP contribution is 2.22. The molecule has 0 N–H and O–H groups in total. The third-order valence-corrected chi connectivity index (χ3v) is 7.78. The molecule has 0 aliphatic carbocycles. The van der Waals surface area contributed by atoms with Crippen LogP contribution in [0.3, 0.4) is 0 Å². The zero-order valence-corrected chi connectivity index (χ0v) is 27.7. The molecule has 0 aromatic carbocycles. The van der Waals surface area contributed by atoms with Gasteiger partial charge in [0.05, 0.1) is 0 Å². The Kier molecular flexibility index (Phi) is 23.3. The molecule has 0 radical (unpaired) electrons. The molecule has 226 valence electrons. The van der Waals surface area contributed by atoms with E-state index in [0.29, 0.717) is 13.0 Å². The van der Waals surface area contributed by atoms with Crippen molar-refractivity contribution in [1.82, 2.24) is 0 Å². The van der Waals surface area contributed by atoms with Gasteiger partial charge in [0.15, 0.2) is 0 Å². The predicted octanol–water partition coefficient (Wildman–Crippen LogP) is 12.1. The van der Waals surface area contributed by atoms with E-state index < -0.39 is 0 Å². The summed E-state index contributed by atoms with van der Waals surface area (Å²) in [5.41, 5.74) is 5.56. The average molecular weight is 543 g/mol. The van der Waals surface area contributed by atoms with Crippen molar-refractivity contribution in [2.24, 2.45) is 17.8 Å². The van der Waals surface area contributed by atoms with Crippen LogP contribution in [0.4, 0.5) is 0 Å². The van der Waals surface area contributed by atoms with E-state index in [1.165, 1.54) is 73.7 Å². The van der Waals surface area contributed by atoms with Gasteiger partial charge in [-0.05, 0) is 103 Å². The van der Waals surface area contributed by atoms with Crippen LogP contribution in [0.25, 0.3) is 0 Å². The van der Waals surface area contributed by atoms with E-state index >= 15 is 0 Å². The molecular weight excluding hydrogens is 476 g/mol. The second-order valence-electron chi connectivity index (χ2n) is 13.1. The second kappa shape index (κ2) is 24.2. The van der Waals surface area contributed by atoms with Crippen LogP contribution in [0.5, 0.6) is 0 Å². The first kappa shape index (κ1) is 37.4. The van der Waals surface area contributed by atoms with Crippen LogP contribution in [0, 0.1) is 17.8 Å². The van der Waals surface area contributed by atoms with Gasteiger partial charge in [0, 0.05) is 6.42 Å². The molecule has 0 spiro atoms. The van der Waals surface area contributed by atoms with E-state index in [2.05, 4.69) is 86.6 Å². The van der Waals surface area contributed by atoms with Gasteiger partial charge in [-0.2, -0.15) is 0 Å².